The Morgan fingerprint density at radius 2 is 1.79 bits per heavy atom. The minimum atomic E-state index is -0.0994. The number of carbonyl (C=O) groups excluding carboxylic acids is 1. The third-order valence-electron chi connectivity index (χ3n) is 7.64. The van der Waals surface area contributed by atoms with Crippen LogP contribution in [-0.4, -0.2) is 21.2 Å². The molecule has 0 radical (unpaired) electrons. The molecule has 152 valence electrons. The van der Waals surface area contributed by atoms with Gasteiger partial charge in [-0.05, 0) is 68.4 Å². The first-order valence-electron chi connectivity index (χ1n) is 10.9. The number of hydrogen-bond acceptors (Lipinski definition) is 3. The lowest BCUT2D eigenvalue weighted by Crippen LogP contribution is -2.53. The van der Waals surface area contributed by atoms with Crippen molar-refractivity contribution < 1.29 is 4.79 Å². The fourth-order valence-corrected chi connectivity index (χ4v) is 7.89. The van der Waals surface area contributed by atoms with Crippen LogP contribution in [0.2, 0.25) is 5.02 Å². The zero-order chi connectivity index (χ0) is 19.6. The highest BCUT2D eigenvalue weighted by molar-refractivity contribution is 7.99. The highest BCUT2D eigenvalue weighted by Gasteiger charge is 2.54. The van der Waals surface area contributed by atoms with Crippen LogP contribution < -0.4 is 5.32 Å². The predicted molar refractivity (Wildman–Crippen MR) is 116 cm³/mol. The Balaban J connectivity index is 1.26. The summed E-state index contributed by atoms with van der Waals surface area (Å²) in [6.45, 7) is 1.52. The van der Waals surface area contributed by atoms with Gasteiger partial charge < -0.3 is 9.88 Å². The summed E-state index contributed by atoms with van der Waals surface area (Å²) in [7, 11) is 0. The average Bonchev–Trinajstić information content (AvgIpc) is 3.27. The van der Waals surface area contributed by atoms with Gasteiger partial charge in [-0.1, -0.05) is 35.5 Å². The van der Waals surface area contributed by atoms with E-state index in [1.807, 2.05) is 24.3 Å². The smallest absolute Gasteiger partial charge is 0.226 e. The largest absolute Gasteiger partial charge is 0.350 e. The average molecular weight is 428 g/mol. The van der Waals surface area contributed by atoms with Crippen molar-refractivity contribution in [3.63, 3.8) is 0 Å². The van der Waals surface area contributed by atoms with Gasteiger partial charge in [0.1, 0.15) is 0 Å². The first kappa shape index (κ1) is 18.3. The molecule has 5 aliphatic rings. The van der Waals surface area contributed by atoms with Crippen LogP contribution in [0.5, 0.6) is 0 Å². The SMILES string of the molecule is O=C(NCc1c(-c2ccc(Cl)cc2)nc2n1CCS2)C12CC3CC(CC(C3)C1)C2. The molecule has 4 bridgehead atoms. The van der Waals surface area contributed by atoms with Gasteiger partial charge in [-0.15, -0.1) is 0 Å². The number of thioether (sulfide) groups is 1. The number of amides is 1. The number of halogens is 1. The summed E-state index contributed by atoms with van der Waals surface area (Å²) in [5, 5.41) is 5.15. The summed E-state index contributed by atoms with van der Waals surface area (Å²) < 4.78 is 2.29. The lowest BCUT2D eigenvalue weighted by Gasteiger charge is -2.55. The first-order chi connectivity index (χ1) is 14.1. The van der Waals surface area contributed by atoms with Gasteiger partial charge in [0.05, 0.1) is 17.9 Å². The maximum absolute atomic E-state index is 13.4. The van der Waals surface area contributed by atoms with E-state index in [2.05, 4.69) is 9.88 Å². The van der Waals surface area contributed by atoms with Crippen molar-refractivity contribution in [2.75, 3.05) is 5.75 Å². The third kappa shape index (κ3) is 3.04. The van der Waals surface area contributed by atoms with Crippen LogP contribution in [-0.2, 0) is 17.9 Å². The van der Waals surface area contributed by atoms with Gasteiger partial charge in [-0.25, -0.2) is 4.98 Å². The van der Waals surface area contributed by atoms with Crippen LogP contribution in [0.15, 0.2) is 29.4 Å². The molecule has 1 aromatic heterocycles. The van der Waals surface area contributed by atoms with Gasteiger partial charge in [0.2, 0.25) is 5.91 Å². The molecular formula is C23H26ClN3OS. The maximum atomic E-state index is 13.4. The Morgan fingerprint density at radius 3 is 2.45 bits per heavy atom. The highest BCUT2D eigenvalue weighted by Crippen LogP contribution is 2.60. The van der Waals surface area contributed by atoms with E-state index < -0.39 is 0 Å². The van der Waals surface area contributed by atoms with E-state index in [0.29, 0.717) is 12.5 Å². The summed E-state index contributed by atoms with van der Waals surface area (Å²) in [5.41, 5.74) is 3.08. The normalized spacial score (nSPS) is 31.8. The van der Waals surface area contributed by atoms with Gasteiger partial charge in [0.15, 0.2) is 5.16 Å². The van der Waals surface area contributed by atoms with Gasteiger partial charge in [0.25, 0.3) is 0 Å². The fraction of sp³-hybridized carbons (Fsp3) is 0.565. The standard InChI is InChI=1S/C23H26ClN3OS/c24-18-3-1-17(2-4-18)20-19(27-5-6-29-22(27)26-20)13-25-21(28)23-10-14-7-15(11-23)9-16(8-14)12-23/h1-4,14-16H,5-13H2,(H,25,28). The molecule has 4 saturated carbocycles. The topological polar surface area (TPSA) is 46.9 Å². The van der Waals surface area contributed by atoms with Gasteiger partial charge >= 0.3 is 0 Å². The zero-order valence-electron chi connectivity index (χ0n) is 16.5. The second-order valence-electron chi connectivity index (χ2n) is 9.58. The Hall–Kier alpha value is -1.46. The molecule has 6 heteroatoms. The van der Waals surface area contributed by atoms with Crippen molar-refractivity contribution >= 4 is 29.3 Å². The summed E-state index contributed by atoms with van der Waals surface area (Å²) >= 11 is 7.88. The second kappa shape index (κ2) is 6.78. The number of aromatic nitrogens is 2. The molecule has 4 aliphatic carbocycles. The molecule has 0 atom stereocenters. The van der Waals surface area contributed by atoms with E-state index in [-0.39, 0.29) is 5.41 Å². The minimum Gasteiger partial charge on any atom is -0.350 e. The molecule has 2 heterocycles. The summed E-state index contributed by atoms with van der Waals surface area (Å²) in [6, 6.07) is 7.86. The number of rotatable bonds is 4. The third-order valence-corrected chi connectivity index (χ3v) is 8.85. The summed E-state index contributed by atoms with van der Waals surface area (Å²) in [6.07, 6.45) is 7.40. The molecule has 1 aromatic carbocycles. The zero-order valence-corrected chi connectivity index (χ0v) is 18.1. The number of nitrogens with zero attached hydrogens (tertiary/aromatic N) is 2. The quantitative estimate of drug-likeness (QED) is 0.734. The van der Waals surface area contributed by atoms with E-state index >= 15 is 0 Å². The monoisotopic (exact) mass is 427 g/mol. The van der Waals surface area contributed by atoms with Gasteiger partial charge in [-0.3, -0.25) is 4.79 Å². The van der Waals surface area contributed by atoms with Crippen LogP contribution in [0.1, 0.15) is 44.2 Å². The van der Waals surface area contributed by atoms with Crippen LogP contribution in [0.3, 0.4) is 0 Å². The number of hydrogen-bond donors (Lipinski definition) is 1. The number of carbonyl (C=O) groups is 1. The predicted octanol–water partition coefficient (Wildman–Crippen LogP) is 5.14. The molecule has 1 aliphatic heterocycles. The first-order valence-corrected chi connectivity index (χ1v) is 12.2. The Bertz CT molecular complexity index is 932. The van der Waals surface area contributed by atoms with E-state index in [0.717, 1.165) is 76.4 Å². The van der Waals surface area contributed by atoms with Gasteiger partial charge in [0, 0.05) is 28.3 Å². The molecule has 0 unspecified atom stereocenters. The summed E-state index contributed by atoms with van der Waals surface area (Å²) in [4.78, 5) is 18.3. The Labute approximate surface area is 180 Å². The molecule has 1 N–H and O–H groups in total. The molecule has 2 aromatic rings. The highest BCUT2D eigenvalue weighted by atomic mass is 35.5. The molecule has 4 nitrogen and oxygen atoms in total. The van der Waals surface area contributed by atoms with Crippen LogP contribution >= 0.6 is 23.4 Å². The van der Waals surface area contributed by atoms with Crippen molar-refractivity contribution in [2.24, 2.45) is 23.2 Å². The van der Waals surface area contributed by atoms with Crippen LogP contribution in [0, 0.1) is 23.2 Å². The molecule has 4 fully saturated rings. The van der Waals surface area contributed by atoms with Crippen LogP contribution in [0.4, 0.5) is 0 Å². The molecule has 7 rings (SSSR count). The fourth-order valence-electron chi connectivity index (χ4n) is 6.79. The van der Waals surface area contributed by atoms with Crippen molar-refractivity contribution in [3.8, 4) is 11.3 Å². The maximum Gasteiger partial charge on any atom is 0.226 e. The molecule has 1 amide bonds. The number of imidazole rings is 1. The van der Waals surface area contributed by atoms with E-state index in [1.54, 1.807) is 11.8 Å². The van der Waals surface area contributed by atoms with E-state index in [4.69, 9.17) is 16.6 Å². The number of benzene rings is 1. The van der Waals surface area contributed by atoms with Crippen LogP contribution in [0.25, 0.3) is 11.3 Å². The van der Waals surface area contributed by atoms with Gasteiger partial charge in [-0.2, -0.15) is 0 Å². The Kier molecular flexibility index (Phi) is 4.28. The molecule has 0 saturated heterocycles. The number of nitrogens with one attached hydrogen (secondary N) is 1. The minimum absolute atomic E-state index is 0.0994. The lowest BCUT2D eigenvalue weighted by molar-refractivity contribution is -0.146. The molecule has 29 heavy (non-hydrogen) atoms. The molecule has 0 spiro atoms. The van der Waals surface area contributed by atoms with E-state index in [1.165, 1.54) is 19.3 Å². The lowest BCUT2D eigenvalue weighted by atomic mass is 9.49. The van der Waals surface area contributed by atoms with Crippen molar-refractivity contribution in [1.29, 1.82) is 0 Å². The molecular weight excluding hydrogens is 402 g/mol. The van der Waals surface area contributed by atoms with Crippen molar-refractivity contribution in [2.45, 2.75) is 56.8 Å². The second-order valence-corrected chi connectivity index (χ2v) is 11.1. The Morgan fingerprint density at radius 1 is 1.14 bits per heavy atom. The van der Waals surface area contributed by atoms with Crippen molar-refractivity contribution in [3.05, 3.63) is 35.0 Å². The summed E-state index contributed by atoms with van der Waals surface area (Å²) in [5.74, 6) is 3.70. The van der Waals surface area contributed by atoms with Crippen molar-refractivity contribution in [1.82, 2.24) is 14.9 Å². The van der Waals surface area contributed by atoms with E-state index in [9.17, 15) is 4.79 Å². The number of fused-ring (bicyclic) bond motifs is 1.